The summed E-state index contributed by atoms with van der Waals surface area (Å²) in [4.78, 5) is 0. The van der Waals surface area contributed by atoms with Gasteiger partial charge in [-0.1, -0.05) is 19.1 Å². The number of nitriles is 1. The lowest BCUT2D eigenvalue weighted by Crippen LogP contribution is -2.21. The number of benzene rings is 1. The van der Waals surface area contributed by atoms with E-state index in [2.05, 4.69) is 25.2 Å². The zero-order chi connectivity index (χ0) is 13.2. The molecule has 98 valence electrons. The van der Waals surface area contributed by atoms with Crippen molar-refractivity contribution in [2.75, 3.05) is 19.8 Å². The van der Waals surface area contributed by atoms with Crippen molar-refractivity contribution in [3.63, 3.8) is 0 Å². The van der Waals surface area contributed by atoms with Crippen molar-refractivity contribution in [3.8, 4) is 6.07 Å². The van der Waals surface area contributed by atoms with Crippen LogP contribution in [0.3, 0.4) is 0 Å². The van der Waals surface area contributed by atoms with Crippen LogP contribution in [0.2, 0.25) is 0 Å². The topological polar surface area (TPSA) is 45.0 Å². The monoisotopic (exact) mass is 246 g/mol. The van der Waals surface area contributed by atoms with Gasteiger partial charge in [0.05, 0.1) is 11.6 Å². The van der Waals surface area contributed by atoms with E-state index in [0.717, 1.165) is 32.6 Å². The molecule has 0 bridgehead atoms. The van der Waals surface area contributed by atoms with E-state index in [1.807, 2.05) is 24.3 Å². The van der Waals surface area contributed by atoms with Gasteiger partial charge in [0.25, 0.3) is 0 Å². The Morgan fingerprint density at radius 3 is 2.61 bits per heavy atom. The van der Waals surface area contributed by atoms with Gasteiger partial charge < -0.3 is 10.1 Å². The Labute approximate surface area is 110 Å². The third kappa shape index (κ3) is 5.31. The SMILES string of the molecule is CCCOCCCNC(C)c1ccc(C#N)cc1. The van der Waals surface area contributed by atoms with E-state index < -0.39 is 0 Å². The second-order valence-corrected chi connectivity index (χ2v) is 4.38. The van der Waals surface area contributed by atoms with Gasteiger partial charge >= 0.3 is 0 Å². The molecule has 0 spiro atoms. The van der Waals surface area contributed by atoms with Crippen molar-refractivity contribution in [3.05, 3.63) is 35.4 Å². The molecule has 1 N–H and O–H groups in total. The Balaban J connectivity index is 2.23. The lowest BCUT2D eigenvalue weighted by Gasteiger charge is -2.14. The summed E-state index contributed by atoms with van der Waals surface area (Å²) < 4.78 is 5.42. The van der Waals surface area contributed by atoms with Crippen LogP contribution in [0.4, 0.5) is 0 Å². The van der Waals surface area contributed by atoms with Crippen LogP contribution in [0.5, 0.6) is 0 Å². The number of hydrogen-bond donors (Lipinski definition) is 1. The first-order valence-corrected chi connectivity index (χ1v) is 6.59. The Morgan fingerprint density at radius 2 is 2.00 bits per heavy atom. The van der Waals surface area contributed by atoms with Crippen LogP contribution in [0.15, 0.2) is 24.3 Å². The molecule has 0 fully saturated rings. The lowest BCUT2D eigenvalue weighted by atomic mass is 10.1. The highest BCUT2D eigenvalue weighted by Gasteiger charge is 2.03. The van der Waals surface area contributed by atoms with Crippen molar-refractivity contribution in [1.82, 2.24) is 5.32 Å². The molecule has 1 aromatic rings. The van der Waals surface area contributed by atoms with Gasteiger partial charge in [-0.15, -0.1) is 0 Å². The fourth-order valence-corrected chi connectivity index (χ4v) is 1.70. The van der Waals surface area contributed by atoms with Crippen LogP contribution in [0, 0.1) is 11.3 Å². The molecule has 0 aromatic heterocycles. The van der Waals surface area contributed by atoms with Gasteiger partial charge in [-0.25, -0.2) is 0 Å². The van der Waals surface area contributed by atoms with Crippen LogP contribution in [-0.4, -0.2) is 19.8 Å². The Kier molecular flexibility index (Phi) is 7.09. The summed E-state index contributed by atoms with van der Waals surface area (Å²) in [6.45, 7) is 6.87. The quantitative estimate of drug-likeness (QED) is 0.717. The molecule has 0 amide bonds. The third-order valence-corrected chi connectivity index (χ3v) is 2.80. The Morgan fingerprint density at radius 1 is 1.28 bits per heavy atom. The van der Waals surface area contributed by atoms with E-state index in [4.69, 9.17) is 10.00 Å². The summed E-state index contributed by atoms with van der Waals surface area (Å²) in [7, 11) is 0. The van der Waals surface area contributed by atoms with Crippen molar-refractivity contribution in [2.24, 2.45) is 0 Å². The van der Waals surface area contributed by atoms with E-state index in [9.17, 15) is 0 Å². The smallest absolute Gasteiger partial charge is 0.0991 e. The summed E-state index contributed by atoms with van der Waals surface area (Å²) in [5.74, 6) is 0. The van der Waals surface area contributed by atoms with E-state index in [0.29, 0.717) is 11.6 Å². The predicted molar refractivity (Wildman–Crippen MR) is 73.3 cm³/mol. The minimum Gasteiger partial charge on any atom is -0.381 e. The number of ether oxygens (including phenoxy) is 1. The van der Waals surface area contributed by atoms with Gasteiger partial charge in [0, 0.05) is 19.3 Å². The molecule has 0 aliphatic heterocycles. The van der Waals surface area contributed by atoms with Crippen molar-refractivity contribution < 1.29 is 4.74 Å². The predicted octanol–water partition coefficient (Wildman–Crippen LogP) is 3.03. The normalized spacial score (nSPS) is 12.1. The number of nitrogens with zero attached hydrogens (tertiary/aromatic N) is 1. The van der Waals surface area contributed by atoms with Crippen LogP contribution in [0.1, 0.15) is 43.9 Å². The fourth-order valence-electron chi connectivity index (χ4n) is 1.70. The average molecular weight is 246 g/mol. The minimum atomic E-state index is 0.309. The van der Waals surface area contributed by atoms with Crippen LogP contribution in [0.25, 0.3) is 0 Å². The second kappa shape index (κ2) is 8.68. The fraction of sp³-hybridized carbons (Fsp3) is 0.533. The summed E-state index contributed by atoms with van der Waals surface area (Å²) in [5.41, 5.74) is 1.92. The first-order chi connectivity index (χ1) is 8.77. The summed E-state index contributed by atoms with van der Waals surface area (Å²) in [5, 5.41) is 12.2. The Bertz CT molecular complexity index is 367. The molecular weight excluding hydrogens is 224 g/mol. The van der Waals surface area contributed by atoms with Gasteiger partial charge in [0.1, 0.15) is 0 Å². The number of hydrogen-bond acceptors (Lipinski definition) is 3. The molecule has 0 heterocycles. The molecule has 1 aromatic carbocycles. The first-order valence-electron chi connectivity index (χ1n) is 6.59. The molecule has 1 atom stereocenters. The highest BCUT2D eigenvalue weighted by atomic mass is 16.5. The highest BCUT2D eigenvalue weighted by Crippen LogP contribution is 2.12. The van der Waals surface area contributed by atoms with Gasteiger partial charge in [-0.3, -0.25) is 0 Å². The van der Waals surface area contributed by atoms with Crippen molar-refractivity contribution in [2.45, 2.75) is 32.7 Å². The van der Waals surface area contributed by atoms with E-state index in [1.54, 1.807) is 0 Å². The van der Waals surface area contributed by atoms with Crippen molar-refractivity contribution in [1.29, 1.82) is 5.26 Å². The Hall–Kier alpha value is -1.37. The second-order valence-electron chi connectivity index (χ2n) is 4.38. The molecule has 0 saturated carbocycles. The van der Waals surface area contributed by atoms with Gasteiger partial charge in [0.15, 0.2) is 0 Å². The molecule has 3 nitrogen and oxygen atoms in total. The summed E-state index contributed by atoms with van der Waals surface area (Å²) >= 11 is 0. The minimum absolute atomic E-state index is 0.309. The molecule has 0 aliphatic carbocycles. The molecule has 18 heavy (non-hydrogen) atoms. The highest BCUT2D eigenvalue weighted by molar-refractivity contribution is 5.32. The molecule has 0 saturated heterocycles. The maximum absolute atomic E-state index is 8.73. The third-order valence-electron chi connectivity index (χ3n) is 2.80. The molecule has 1 unspecified atom stereocenters. The van der Waals surface area contributed by atoms with E-state index >= 15 is 0 Å². The maximum atomic E-state index is 8.73. The van der Waals surface area contributed by atoms with E-state index in [-0.39, 0.29) is 0 Å². The average Bonchev–Trinajstić information content (AvgIpc) is 2.42. The molecule has 3 heteroatoms. The van der Waals surface area contributed by atoms with Crippen LogP contribution >= 0.6 is 0 Å². The molecule has 0 radical (unpaired) electrons. The van der Waals surface area contributed by atoms with Gasteiger partial charge in [0.2, 0.25) is 0 Å². The maximum Gasteiger partial charge on any atom is 0.0991 e. The number of nitrogens with one attached hydrogen (secondary N) is 1. The number of rotatable bonds is 8. The van der Waals surface area contributed by atoms with Crippen molar-refractivity contribution >= 4 is 0 Å². The summed E-state index contributed by atoms with van der Waals surface area (Å²) in [6, 6.07) is 10.2. The standard InChI is InChI=1S/C15H22N2O/c1-3-10-18-11-4-9-17-13(2)15-7-5-14(12-16)6-8-15/h5-8,13,17H,3-4,9-11H2,1-2H3. The lowest BCUT2D eigenvalue weighted by molar-refractivity contribution is 0.132. The van der Waals surface area contributed by atoms with Gasteiger partial charge in [-0.05, 0) is 44.0 Å². The molecule has 1 rings (SSSR count). The van der Waals surface area contributed by atoms with E-state index in [1.165, 1.54) is 5.56 Å². The van der Waals surface area contributed by atoms with Gasteiger partial charge in [-0.2, -0.15) is 5.26 Å². The largest absolute Gasteiger partial charge is 0.381 e. The summed E-state index contributed by atoms with van der Waals surface area (Å²) in [6.07, 6.45) is 2.11. The first kappa shape index (κ1) is 14.7. The zero-order valence-corrected chi connectivity index (χ0v) is 11.3. The van der Waals surface area contributed by atoms with Crippen LogP contribution in [-0.2, 0) is 4.74 Å². The van der Waals surface area contributed by atoms with Crippen LogP contribution < -0.4 is 5.32 Å². The molecular formula is C15H22N2O. The zero-order valence-electron chi connectivity index (χ0n) is 11.3. The molecule has 0 aliphatic rings.